The molecule has 0 atom stereocenters. The smallest absolute Gasteiger partial charge is 0.374 e. The molecule has 0 fully saturated rings. The lowest BCUT2D eigenvalue weighted by atomic mass is 10.5. The van der Waals surface area contributed by atoms with Crippen molar-refractivity contribution in [2.75, 3.05) is 26.4 Å². The van der Waals surface area contributed by atoms with Crippen molar-refractivity contribution >= 4 is 15.0 Å². The lowest BCUT2D eigenvalue weighted by Crippen LogP contribution is -2.46. The summed E-state index contributed by atoms with van der Waals surface area (Å²) in [4.78, 5) is 10.1. The largest absolute Gasteiger partial charge is 0.500 e. The first-order valence-corrected chi connectivity index (χ1v) is 7.88. The van der Waals surface area contributed by atoms with Gasteiger partial charge in [-0.25, -0.2) is 4.79 Å². The zero-order valence-corrected chi connectivity index (χ0v) is 11.8. The lowest BCUT2D eigenvalue weighted by molar-refractivity contribution is 0.0708. The Bertz CT molecular complexity index is 201. The van der Waals surface area contributed by atoms with Crippen molar-refractivity contribution in [1.29, 1.82) is 0 Å². The summed E-state index contributed by atoms with van der Waals surface area (Å²) in [5, 5.41) is 2.09. The predicted octanol–water partition coefficient (Wildman–Crippen LogP) is 2.10. The molecule has 0 aliphatic heterocycles. The van der Waals surface area contributed by atoms with Crippen molar-refractivity contribution in [3.63, 3.8) is 0 Å². The summed E-state index contributed by atoms with van der Waals surface area (Å²) in [5.74, 6) is 0. The van der Waals surface area contributed by atoms with E-state index in [2.05, 4.69) is 5.32 Å². The SMILES string of the molecule is CCO[Si](CCCNC(=O)F)(OCC)OCC. The minimum Gasteiger partial charge on any atom is -0.374 e. The van der Waals surface area contributed by atoms with Gasteiger partial charge in [0.2, 0.25) is 0 Å². The van der Waals surface area contributed by atoms with E-state index in [4.69, 9.17) is 13.3 Å². The Morgan fingerprint density at radius 3 is 1.94 bits per heavy atom. The Morgan fingerprint density at radius 1 is 1.12 bits per heavy atom. The van der Waals surface area contributed by atoms with Gasteiger partial charge in [-0.2, -0.15) is 0 Å². The van der Waals surface area contributed by atoms with Gasteiger partial charge in [0, 0.05) is 32.4 Å². The maximum absolute atomic E-state index is 11.9. The fraction of sp³-hybridized carbons (Fsp3) is 0.900. The van der Waals surface area contributed by atoms with Crippen molar-refractivity contribution in [3.8, 4) is 0 Å². The maximum Gasteiger partial charge on any atom is 0.500 e. The number of amides is 1. The van der Waals surface area contributed by atoms with E-state index in [1.807, 2.05) is 20.8 Å². The minimum atomic E-state index is -2.64. The molecule has 0 spiro atoms. The zero-order valence-electron chi connectivity index (χ0n) is 10.8. The van der Waals surface area contributed by atoms with Gasteiger partial charge in [-0.05, 0) is 27.2 Å². The molecule has 1 amide bonds. The molecule has 0 heterocycles. The van der Waals surface area contributed by atoms with Crippen molar-refractivity contribution in [3.05, 3.63) is 0 Å². The summed E-state index contributed by atoms with van der Waals surface area (Å²) in [6.45, 7) is 7.44. The highest BCUT2D eigenvalue weighted by Gasteiger charge is 2.39. The van der Waals surface area contributed by atoms with Gasteiger partial charge in [-0.15, -0.1) is 4.39 Å². The van der Waals surface area contributed by atoms with Gasteiger partial charge in [0.1, 0.15) is 0 Å². The molecule has 1 N–H and O–H groups in total. The molecule has 0 aliphatic carbocycles. The summed E-state index contributed by atoms with van der Waals surface area (Å²) in [6, 6.07) is 0.572. The van der Waals surface area contributed by atoms with Crippen molar-refractivity contribution in [1.82, 2.24) is 5.32 Å². The highest BCUT2D eigenvalue weighted by atomic mass is 28.4. The molecule has 17 heavy (non-hydrogen) atoms. The Morgan fingerprint density at radius 2 is 1.59 bits per heavy atom. The third-order valence-corrected chi connectivity index (χ3v) is 5.17. The summed E-state index contributed by atoms with van der Waals surface area (Å²) in [6.07, 6.45) is -0.941. The van der Waals surface area contributed by atoms with Crippen LogP contribution in [0.5, 0.6) is 0 Å². The van der Waals surface area contributed by atoms with Gasteiger partial charge >= 0.3 is 15.0 Å². The van der Waals surface area contributed by atoms with Crippen molar-refractivity contribution < 1.29 is 22.5 Å². The minimum absolute atomic E-state index is 0.261. The number of carbonyl (C=O) groups is 1. The Labute approximate surface area is 103 Å². The van der Waals surface area contributed by atoms with Crippen molar-refractivity contribution in [2.24, 2.45) is 0 Å². The molecule has 0 aromatic carbocycles. The molecule has 0 rings (SSSR count). The van der Waals surface area contributed by atoms with E-state index in [9.17, 15) is 9.18 Å². The summed E-state index contributed by atoms with van der Waals surface area (Å²) < 4.78 is 28.7. The monoisotopic (exact) mass is 267 g/mol. The molecule has 5 nitrogen and oxygen atoms in total. The molecular weight excluding hydrogens is 245 g/mol. The molecule has 0 saturated heterocycles. The van der Waals surface area contributed by atoms with Crippen molar-refractivity contribution in [2.45, 2.75) is 33.2 Å². The van der Waals surface area contributed by atoms with Gasteiger partial charge in [-0.3, -0.25) is 0 Å². The Balaban J connectivity index is 4.18. The van der Waals surface area contributed by atoms with Crippen LogP contribution in [0, 0.1) is 0 Å². The molecular formula is C10H22FNO4Si. The second kappa shape index (κ2) is 9.52. The van der Waals surface area contributed by atoms with Crippen LogP contribution in [0.3, 0.4) is 0 Å². The normalized spacial score (nSPS) is 11.5. The van der Waals surface area contributed by atoms with E-state index in [1.54, 1.807) is 0 Å². The molecule has 0 aromatic rings. The number of halogens is 1. The third kappa shape index (κ3) is 7.43. The average molecular weight is 267 g/mol. The average Bonchev–Trinajstić information content (AvgIpc) is 2.25. The Kier molecular flexibility index (Phi) is 9.24. The van der Waals surface area contributed by atoms with E-state index >= 15 is 0 Å². The van der Waals surface area contributed by atoms with Crippen LogP contribution >= 0.6 is 0 Å². The van der Waals surface area contributed by atoms with Crippen LogP contribution in [0.1, 0.15) is 27.2 Å². The van der Waals surface area contributed by atoms with Crippen LogP contribution in [0.4, 0.5) is 9.18 Å². The summed E-state index contributed by atoms with van der Waals surface area (Å²) in [5.41, 5.74) is 0. The first-order chi connectivity index (χ1) is 8.10. The zero-order chi connectivity index (χ0) is 13.1. The predicted molar refractivity (Wildman–Crippen MR) is 64.6 cm³/mol. The number of rotatable bonds is 10. The molecule has 0 radical (unpaired) electrons. The fourth-order valence-corrected chi connectivity index (χ4v) is 4.11. The van der Waals surface area contributed by atoms with Crippen LogP contribution in [-0.4, -0.2) is 41.3 Å². The van der Waals surface area contributed by atoms with E-state index in [0.29, 0.717) is 32.3 Å². The number of hydrogen-bond acceptors (Lipinski definition) is 4. The van der Waals surface area contributed by atoms with Gasteiger partial charge in [0.05, 0.1) is 0 Å². The number of hydrogen-bond donors (Lipinski definition) is 1. The maximum atomic E-state index is 11.9. The second-order valence-electron chi connectivity index (χ2n) is 3.29. The van der Waals surface area contributed by atoms with E-state index < -0.39 is 15.0 Å². The van der Waals surface area contributed by atoms with E-state index in [0.717, 1.165) is 0 Å². The lowest BCUT2D eigenvalue weighted by Gasteiger charge is -2.28. The van der Waals surface area contributed by atoms with Gasteiger partial charge in [0.15, 0.2) is 0 Å². The van der Waals surface area contributed by atoms with Crippen LogP contribution in [-0.2, 0) is 13.3 Å². The molecule has 0 saturated carbocycles. The first kappa shape index (κ1) is 16.5. The summed E-state index contributed by atoms with van der Waals surface area (Å²) >= 11 is 0. The standard InChI is InChI=1S/C10H22FNO4Si/c1-4-14-17(15-5-2,16-6-3)9-7-8-12-10(11)13/h4-9H2,1-3H3,(H,12,13). The molecule has 102 valence electrons. The van der Waals surface area contributed by atoms with E-state index in [-0.39, 0.29) is 6.54 Å². The van der Waals surface area contributed by atoms with Crippen LogP contribution in [0.2, 0.25) is 6.04 Å². The highest BCUT2D eigenvalue weighted by Crippen LogP contribution is 2.17. The van der Waals surface area contributed by atoms with Crippen LogP contribution in [0.15, 0.2) is 0 Å². The second-order valence-corrected chi connectivity index (χ2v) is 6.02. The van der Waals surface area contributed by atoms with Gasteiger partial charge in [-0.1, -0.05) is 0 Å². The molecule has 7 heteroatoms. The van der Waals surface area contributed by atoms with Gasteiger partial charge < -0.3 is 18.6 Å². The third-order valence-electron chi connectivity index (χ3n) is 2.02. The van der Waals surface area contributed by atoms with Crippen LogP contribution in [0.25, 0.3) is 0 Å². The highest BCUT2D eigenvalue weighted by molar-refractivity contribution is 6.60. The van der Waals surface area contributed by atoms with E-state index in [1.165, 1.54) is 0 Å². The van der Waals surface area contributed by atoms with Crippen LogP contribution < -0.4 is 5.32 Å². The number of nitrogens with one attached hydrogen (secondary N) is 1. The first-order valence-electron chi connectivity index (χ1n) is 5.95. The van der Waals surface area contributed by atoms with Gasteiger partial charge in [0.25, 0.3) is 0 Å². The Hall–Kier alpha value is -0.503. The topological polar surface area (TPSA) is 56.8 Å². The molecule has 0 aliphatic rings. The molecule has 0 unspecified atom stereocenters. The number of carbonyl (C=O) groups excluding carboxylic acids is 1. The molecule has 0 bridgehead atoms. The fourth-order valence-electron chi connectivity index (χ4n) is 1.49. The molecule has 0 aromatic heterocycles. The summed E-state index contributed by atoms with van der Waals surface area (Å²) in [7, 11) is -2.64. The quantitative estimate of drug-likeness (QED) is 0.285.